The molecule has 2 nitrogen and oxygen atoms in total. The average Bonchev–Trinajstić information content (AvgIpc) is 2.49. The third-order valence-electron chi connectivity index (χ3n) is 3.18. The molecule has 0 aromatic heterocycles. The van der Waals surface area contributed by atoms with Crippen molar-refractivity contribution in [2.24, 2.45) is 4.99 Å². The maximum Gasteiger partial charge on any atom is 0.209 e. The predicted octanol–water partition coefficient (Wildman–Crippen LogP) is 3.08. The van der Waals surface area contributed by atoms with Crippen LogP contribution in [0.2, 0.25) is 0 Å². The van der Waals surface area contributed by atoms with Crippen LogP contribution in [0.15, 0.2) is 17.6 Å². The molecule has 0 N–H and O–H groups in total. The Labute approximate surface area is 86.1 Å². The topological polar surface area (TPSA) is 21.6 Å². The van der Waals surface area contributed by atoms with Crippen LogP contribution >= 0.6 is 0 Å². The van der Waals surface area contributed by atoms with E-state index in [0.717, 1.165) is 12.3 Å². The minimum Gasteiger partial charge on any atom is -0.471 e. The lowest BCUT2D eigenvalue weighted by molar-refractivity contribution is 0.0195. The maximum absolute atomic E-state index is 5.95. The van der Waals surface area contributed by atoms with E-state index < -0.39 is 0 Å². The van der Waals surface area contributed by atoms with E-state index in [1.807, 2.05) is 0 Å². The summed E-state index contributed by atoms with van der Waals surface area (Å²) in [5.41, 5.74) is 0.0981. The molecule has 1 aliphatic heterocycles. The summed E-state index contributed by atoms with van der Waals surface area (Å²) >= 11 is 0. The number of hydrogen-bond acceptors (Lipinski definition) is 2. The van der Waals surface area contributed by atoms with Gasteiger partial charge in [0.15, 0.2) is 0 Å². The molecule has 1 spiro atoms. The van der Waals surface area contributed by atoms with Crippen molar-refractivity contribution in [2.75, 3.05) is 0 Å². The van der Waals surface area contributed by atoms with E-state index in [1.54, 1.807) is 6.08 Å². The molecule has 14 heavy (non-hydrogen) atoms. The van der Waals surface area contributed by atoms with E-state index in [0.29, 0.717) is 0 Å². The summed E-state index contributed by atoms with van der Waals surface area (Å²) in [5.74, 6) is 0.739. The van der Waals surface area contributed by atoms with Crippen LogP contribution in [0.4, 0.5) is 0 Å². The van der Waals surface area contributed by atoms with Crippen LogP contribution in [0.5, 0.6) is 0 Å². The molecule has 2 heteroatoms. The van der Waals surface area contributed by atoms with E-state index in [9.17, 15) is 0 Å². The smallest absolute Gasteiger partial charge is 0.209 e. The molecule has 0 bridgehead atoms. The predicted molar refractivity (Wildman–Crippen MR) is 58.6 cm³/mol. The zero-order valence-corrected chi connectivity index (χ0v) is 9.18. The molecule has 0 unspecified atom stereocenters. The van der Waals surface area contributed by atoms with E-state index >= 15 is 0 Å². The Hall–Kier alpha value is -0.790. The summed E-state index contributed by atoms with van der Waals surface area (Å²) in [7, 11) is 0. The third-order valence-corrected chi connectivity index (χ3v) is 3.18. The molecular weight excluding hydrogens is 174 g/mol. The Kier molecular flexibility index (Phi) is 2.17. The van der Waals surface area contributed by atoms with Crippen LogP contribution in [-0.2, 0) is 4.74 Å². The Bertz CT molecular complexity index is 272. The van der Waals surface area contributed by atoms with Gasteiger partial charge in [-0.15, -0.1) is 0 Å². The first-order chi connectivity index (χ1) is 6.55. The molecule has 2 aliphatic rings. The number of hydrogen-bond donors (Lipinski definition) is 0. The first-order valence-electron chi connectivity index (χ1n) is 5.47. The van der Waals surface area contributed by atoms with Gasteiger partial charge in [-0.2, -0.15) is 0 Å². The van der Waals surface area contributed by atoms with Crippen LogP contribution in [0.1, 0.15) is 46.0 Å². The summed E-state index contributed by atoms with van der Waals surface area (Å²) in [5, 5.41) is 0. The van der Waals surface area contributed by atoms with Crippen molar-refractivity contribution < 1.29 is 4.74 Å². The molecule has 2 rings (SSSR count). The van der Waals surface area contributed by atoms with Crippen LogP contribution in [0, 0.1) is 0 Å². The standard InChI is InChI=1S/C12H19NO/c1-4-10-13-11(2,3)9-12(14-10)7-5-6-8-12/h4H,1,5-9H2,2-3H3. The molecule has 0 radical (unpaired) electrons. The molecule has 78 valence electrons. The summed E-state index contributed by atoms with van der Waals surface area (Å²) < 4.78 is 5.95. The van der Waals surface area contributed by atoms with Gasteiger partial charge in [0.25, 0.3) is 0 Å². The number of rotatable bonds is 1. The minimum atomic E-state index is 0.0200. The fourth-order valence-corrected chi connectivity index (χ4v) is 2.79. The molecule has 0 aromatic rings. The van der Waals surface area contributed by atoms with Gasteiger partial charge in [-0.1, -0.05) is 6.58 Å². The van der Waals surface area contributed by atoms with Crippen molar-refractivity contribution in [3.8, 4) is 0 Å². The van der Waals surface area contributed by atoms with Crippen LogP contribution in [-0.4, -0.2) is 17.0 Å². The highest BCUT2D eigenvalue weighted by Crippen LogP contribution is 2.43. The van der Waals surface area contributed by atoms with Crippen molar-refractivity contribution in [2.45, 2.75) is 57.1 Å². The second kappa shape index (κ2) is 3.11. The first kappa shape index (κ1) is 9.75. The number of ether oxygens (including phenoxy) is 1. The Morgan fingerprint density at radius 2 is 2.00 bits per heavy atom. The van der Waals surface area contributed by atoms with Gasteiger partial charge in [-0.05, 0) is 45.6 Å². The van der Waals surface area contributed by atoms with Crippen molar-refractivity contribution >= 4 is 5.90 Å². The highest BCUT2D eigenvalue weighted by molar-refractivity contribution is 5.88. The second-order valence-corrected chi connectivity index (χ2v) is 5.14. The third kappa shape index (κ3) is 1.70. The lowest BCUT2D eigenvalue weighted by atomic mass is 9.85. The highest BCUT2D eigenvalue weighted by atomic mass is 16.5. The van der Waals surface area contributed by atoms with Crippen molar-refractivity contribution in [3.05, 3.63) is 12.7 Å². The highest BCUT2D eigenvalue weighted by Gasteiger charge is 2.44. The molecular formula is C12H19NO. The summed E-state index contributed by atoms with van der Waals surface area (Å²) in [6.07, 6.45) is 7.74. The lowest BCUT2D eigenvalue weighted by Gasteiger charge is -2.40. The molecule has 0 saturated heterocycles. The fraction of sp³-hybridized carbons (Fsp3) is 0.750. The van der Waals surface area contributed by atoms with E-state index in [-0.39, 0.29) is 11.1 Å². The fourth-order valence-electron chi connectivity index (χ4n) is 2.79. The Morgan fingerprint density at radius 3 is 2.57 bits per heavy atom. The molecule has 1 saturated carbocycles. The zero-order valence-electron chi connectivity index (χ0n) is 9.18. The number of aliphatic imine (C=N–C) groups is 1. The van der Waals surface area contributed by atoms with Crippen molar-refractivity contribution in [3.63, 3.8) is 0 Å². The quantitative estimate of drug-likeness (QED) is 0.627. The molecule has 1 aliphatic carbocycles. The van der Waals surface area contributed by atoms with E-state index in [1.165, 1.54) is 25.7 Å². The lowest BCUT2D eigenvalue weighted by Crippen LogP contribution is -2.43. The average molecular weight is 193 g/mol. The Morgan fingerprint density at radius 1 is 1.36 bits per heavy atom. The monoisotopic (exact) mass is 193 g/mol. The summed E-state index contributed by atoms with van der Waals surface area (Å²) in [6, 6.07) is 0. The largest absolute Gasteiger partial charge is 0.471 e. The molecule has 0 amide bonds. The molecule has 0 aromatic carbocycles. The maximum atomic E-state index is 5.95. The van der Waals surface area contributed by atoms with Crippen molar-refractivity contribution in [1.82, 2.24) is 0 Å². The zero-order chi connectivity index (χ0) is 10.2. The molecule has 1 heterocycles. The van der Waals surface area contributed by atoms with Gasteiger partial charge in [-0.25, -0.2) is 4.99 Å². The normalized spacial score (nSPS) is 28.3. The van der Waals surface area contributed by atoms with Gasteiger partial charge in [0, 0.05) is 6.42 Å². The van der Waals surface area contributed by atoms with Gasteiger partial charge in [0.05, 0.1) is 5.54 Å². The van der Waals surface area contributed by atoms with Crippen LogP contribution < -0.4 is 0 Å². The summed E-state index contributed by atoms with van der Waals surface area (Å²) in [4.78, 5) is 4.53. The van der Waals surface area contributed by atoms with E-state index in [2.05, 4.69) is 25.4 Å². The van der Waals surface area contributed by atoms with Gasteiger partial charge in [0.1, 0.15) is 5.60 Å². The van der Waals surface area contributed by atoms with Gasteiger partial charge >= 0.3 is 0 Å². The Balaban J connectivity index is 2.26. The molecule has 1 fully saturated rings. The summed E-state index contributed by atoms with van der Waals surface area (Å²) in [6.45, 7) is 8.11. The molecule has 0 atom stereocenters. The van der Waals surface area contributed by atoms with Gasteiger partial charge < -0.3 is 4.74 Å². The van der Waals surface area contributed by atoms with Gasteiger partial charge in [-0.3, -0.25) is 0 Å². The first-order valence-corrected chi connectivity index (χ1v) is 5.47. The van der Waals surface area contributed by atoms with Gasteiger partial charge in [0.2, 0.25) is 5.90 Å². The van der Waals surface area contributed by atoms with E-state index in [4.69, 9.17) is 4.74 Å². The van der Waals surface area contributed by atoms with Crippen LogP contribution in [0.3, 0.4) is 0 Å². The minimum absolute atomic E-state index is 0.0200. The number of nitrogens with zero attached hydrogens (tertiary/aromatic N) is 1. The van der Waals surface area contributed by atoms with Crippen molar-refractivity contribution in [1.29, 1.82) is 0 Å². The SMILES string of the molecule is C=CC1=NC(C)(C)CC2(CCCC2)O1. The van der Waals surface area contributed by atoms with Crippen LogP contribution in [0.25, 0.3) is 0 Å². The second-order valence-electron chi connectivity index (χ2n) is 5.14.